The predicted octanol–water partition coefficient (Wildman–Crippen LogP) is 3.71. The predicted molar refractivity (Wildman–Crippen MR) is 95.6 cm³/mol. The van der Waals surface area contributed by atoms with Crippen LogP contribution in [-0.4, -0.2) is 23.0 Å². The summed E-state index contributed by atoms with van der Waals surface area (Å²) < 4.78 is 0. The maximum absolute atomic E-state index is 5.90. The van der Waals surface area contributed by atoms with Gasteiger partial charge in [-0.05, 0) is 32.9 Å². The molecule has 2 rings (SSSR count). The van der Waals surface area contributed by atoms with E-state index in [2.05, 4.69) is 20.7 Å². The zero-order valence-electron chi connectivity index (χ0n) is 13.1. The molecule has 0 fully saturated rings. The Morgan fingerprint density at radius 1 is 1.32 bits per heavy atom. The Labute approximate surface area is 140 Å². The zero-order chi connectivity index (χ0) is 16.2. The van der Waals surface area contributed by atoms with Crippen LogP contribution in [0, 0.1) is 0 Å². The van der Waals surface area contributed by atoms with E-state index in [0.29, 0.717) is 12.5 Å². The van der Waals surface area contributed by atoms with Gasteiger partial charge in [0.05, 0.1) is 5.69 Å². The second-order valence-electron chi connectivity index (χ2n) is 6.04. The summed E-state index contributed by atoms with van der Waals surface area (Å²) in [6.07, 6.45) is 0.774. The summed E-state index contributed by atoms with van der Waals surface area (Å²) in [6, 6.07) is 7.71. The maximum Gasteiger partial charge on any atom is 0.188 e. The lowest BCUT2D eigenvalue weighted by Crippen LogP contribution is -2.45. The molecule has 0 aliphatic heterocycles. The molecule has 0 aliphatic carbocycles. The molecular weight excluding hydrogens is 316 g/mol. The van der Waals surface area contributed by atoms with E-state index in [-0.39, 0.29) is 5.54 Å². The molecule has 118 valence electrons. The van der Waals surface area contributed by atoms with Gasteiger partial charge >= 0.3 is 0 Å². The van der Waals surface area contributed by atoms with E-state index in [0.717, 1.165) is 27.7 Å². The Bertz CT molecular complexity index is 641. The van der Waals surface area contributed by atoms with Crippen molar-refractivity contribution in [3.8, 4) is 10.6 Å². The maximum atomic E-state index is 5.90. The van der Waals surface area contributed by atoms with Crippen LogP contribution in [0.15, 0.2) is 34.6 Å². The summed E-state index contributed by atoms with van der Waals surface area (Å²) in [5.41, 5.74) is 7.88. The number of hydrogen-bond donors (Lipinski definition) is 2. The molecule has 0 saturated carbocycles. The highest BCUT2D eigenvalue weighted by molar-refractivity contribution is 7.13. The third-order valence-electron chi connectivity index (χ3n) is 2.80. The van der Waals surface area contributed by atoms with Crippen LogP contribution in [0.3, 0.4) is 0 Å². The van der Waals surface area contributed by atoms with Crippen LogP contribution in [0.4, 0.5) is 0 Å². The van der Waals surface area contributed by atoms with Gasteiger partial charge in [-0.3, -0.25) is 4.99 Å². The lowest BCUT2D eigenvalue weighted by molar-refractivity contribution is 0.508. The highest BCUT2D eigenvalue weighted by Crippen LogP contribution is 2.25. The number of thiazole rings is 1. The molecule has 0 amide bonds. The summed E-state index contributed by atoms with van der Waals surface area (Å²) >= 11 is 7.53. The summed E-state index contributed by atoms with van der Waals surface area (Å²) in [4.78, 5) is 8.96. The SMILES string of the molecule is CC(C)(C)NC(N)=NCCc1csc(-c2ccc(Cl)cc2)n1. The first-order chi connectivity index (χ1) is 10.3. The van der Waals surface area contributed by atoms with Gasteiger partial charge < -0.3 is 11.1 Å². The fourth-order valence-corrected chi connectivity index (χ4v) is 2.85. The number of hydrogen-bond acceptors (Lipinski definition) is 3. The van der Waals surface area contributed by atoms with Gasteiger partial charge in [-0.25, -0.2) is 4.98 Å². The Kier molecular flexibility index (Phi) is 5.42. The first-order valence-electron chi connectivity index (χ1n) is 7.12. The largest absolute Gasteiger partial charge is 0.370 e. The zero-order valence-corrected chi connectivity index (χ0v) is 14.6. The fourth-order valence-electron chi connectivity index (χ4n) is 1.86. The number of halogens is 1. The number of aromatic nitrogens is 1. The highest BCUT2D eigenvalue weighted by atomic mass is 35.5. The Morgan fingerprint density at radius 2 is 2.00 bits per heavy atom. The molecule has 22 heavy (non-hydrogen) atoms. The minimum atomic E-state index is -0.0734. The first kappa shape index (κ1) is 16.8. The Balaban J connectivity index is 1.92. The van der Waals surface area contributed by atoms with Gasteiger partial charge in [0.15, 0.2) is 5.96 Å². The molecule has 0 saturated heterocycles. The van der Waals surface area contributed by atoms with Crippen molar-refractivity contribution in [1.29, 1.82) is 0 Å². The molecule has 0 radical (unpaired) electrons. The van der Waals surface area contributed by atoms with E-state index in [9.17, 15) is 0 Å². The number of nitrogens with one attached hydrogen (secondary N) is 1. The van der Waals surface area contributed by atoms with Crippen LogP contribution in [-0.2, 0) is 6.42 Å². The fraction of sp³-hybridized carbons (Fsp3) is 0.375. The minimum Gasteiger partial charge on any atom is -0.370 e. The second kappa shape index (κ2) is 7.11. The van der Waals surface area contributed by atoms with Gasteiger partial charge in [0.2, 0.25) is 0 Å². The molecule has 1 aromatic carbocycles. The van der Waals surface area contributed by atoms with E-state index < -0.39 is 0 Å². The lowest BCUT2D eigenvalue weighted by Gasteiger charge is -2.20. The summed E-state index contributed by atoms with van der Waals surface area (Å²) in [6.45, 7) is 6.77. The van der Waals surface area contributed by atoms with Crippen LogP contribution in [0.5, 0.6) is 0 Å². The molecule has 2 aromatic rings. The Hall–Kier alpha value is -1.59. The second-order valence-corrected chi connectivity index (χ2v) is 7.34. The summed E-state index contributed by atoms with van der Waals surface area (Å²) in [5.74, 6) is 0.473. The van der Waals surface area contributed by atoms with Gasteiger partial charge in [0.25, 0.3) is 0 Å². The number of benzene rings is 1. The number of nitrogens with two attached hydrogens (primary N) is 1. The molecule has 0 bridgehead atoms. The average Bonchev–Trinajstić information content (AvgIpc) is 2.86. The van der Waals surface area contributed by atoms with Gasteiger partial charge in [-0.2, -0.15) is 0 Å². The quantitative estimate of drug-likeness (QED) is 0.661. The monoisotopic (exact) mass is 336 g/mol. The standard InChI is InChI=1S/C16H21ClN4S/c1-16(2,3)21-15(18)19-9-8-13-10-22-14(20-13)11-4-6-12(17)7-5-11/h4-7,10H,8-9H2,1-3H3,(H3,18,19,21). The number of rotatable bonds is 4. The molecular formula is C16H21ClN4S. The molecule has 0 atom stereocenters. The van der Waals surface area contributed by atoms with Gasteiger partial charge in [0.1, 0.15) is 5.01 Å². The van der Waals surface area contributed by atoms with Gasteiger partial charge in [-0.1, -0.05) is 23.7 Å². The summed E-state index contributed by atoms with van der Waals surface area (Å²) in [5, 5.41) is 6.93. The van der Waals surface area contributed by atoms with Crippen molar-refractivity contribution in [2.75, 3.05) is 6.54 Å². The number of guanidine groups is 1. The molecule has 0 aliphatic rings. The smallest absolute Gasteiger partial charge is 0.188 e. The van der Waals surface area contributed by atoms with E-state index in [1.165, 1.54) is 0 Å². The van der Waals surface area contributed by atoms with Gasteiger partial charge in [0, 0.05) is 34.5 Å². The molecule has 6 heteroatoms. The highest BCUT2D eigenvalue weighted by Gasteiger charge is 2.09. The molecule has 1 heterocycles. The van der Waals surface area contributed by atoms with Crippen molar-refractivity contribution in [2.24, 2.45) is 10.7 Å². The van der Waals surface area contributed by atoms with E-state index in [4.69, 9.17) is 17.3 Å². The van der Waals surface area contributed by atoms with Crippen LogP contribution in [0.2, 0.25) is 5.02 Å². The van der Waals surface area contributed by atoms with Crippen LogP contribution < -0.4 is 11.1 Å². The normalized spacial score (nSPS) is 12.5. The molecule has 0 unspecified atom stereocenters. The lowest BCUT2D eigenvalue weighted by atomic mass is 10.1. The van der Waals surface area contributed by atoms with E-state index in [1.54, 1.807) is 11.3 Å². The van der Waals surface area contributed by atoms with Crippen molar-refractivity contribution < 1.29 is 0 Å². The van der Waals surface area contributed by atoms with E-state index in [1.807, 2.05) is 45.0 Å². The molecule has 1 aromatic heterocycles. The Morgan fingerprint density at radius 3 is 2.64 bits per heavy atom. The molecule has 3 N–H and O–H groups in total. The van der Waals surface area contributed by atoms with Gasteiger partial charge in [-0.15, -0.1) is 11.3 Å². The number of aliphatic imine (C=N–C) groups is 1. The third-order valence-corrected chi connectivity index (χ3v) is 3.99. The number of nitrogens with zero attached hydrogens (tertiary/aromatic N) is 2. The van der Waals surface area contributed by atoms with Crippen LogP contribution in [0.1, 0.15) is 26.5 Å². The van der Waals surface area contributed by atoms with Crippen molar-refractivity contribution in [3.05, 3.63) is 40.4 Å². The van der Waals surface area contributed by atoms with Crippen molar-refractivity contribution in [2.45, 2.75) is 32.7 Å². The van der Waals surface area contributed by atoms with E-state index >= 15 is 0 Å². The topological polar surface area (TPSA) is 63.3 Å². The summed E-state index contributed by atoms with van der Waals surface area (Å²) in [7, 11) is 0. The van der Waals surface area contributed by atoms with Crippen molar-refractivity contribution >= 4 is 28.9 Å². The first-order valence-corrected chi connectivity index (χ1v) is 8.38. The van der Waals surface area contributed by atoms with Crippen molar-refractivity contribution in [3.63, 3.8) is 0 Å². The van der Waals surface area contributed by atoms with Crippen molar-refractivity contribution in [1.82, 2.24) is 10.3 Å². The molecule has 4 nitrogen and oxygen atoms in total. The van der Waals surface area contributed by atoms with Crippen LogP contribution in [0.25, 0.3) is 10.6 Å². The minimum absolute atomic E-state index is 0.0734. The third kappa shape index (κ3) is 5.31. The van der Waals surface area contributed by atoms with Crippen LogP contribution >= 0.6 is 22.9 Å². The molecule has 0 spiro atoms. The average molecular weight is 337 g/mol.